The van der Waals surface area contributed by atoms with Gasteiger partial charge in [0.05, 0.1) is 23.9 Å². The van der Waals surface area contributed by atoms with Gasteiger partial charge in [-0.05, 0) is 49.9 Å². The van der Waals surface area contributed by atoms with Crippen LogP contribution in [-0.4, -0.2) is 120 Å². The second-order valence-electron chi connectivity index (χ2n) is 16.5. The lowest BCUT2D eigenvalue weighted by Crippen LogP contribution is -2.45. The smallest absolute Gasteiger partial charge is 0.351 e. The fourth-order valence-corrected chi connectivity index (χ4v) is 10.1. The Labute approximate surface area is 407 Å². The van der Waals surface area contributed by atoms with Gasteiger partial charge in [-0.1, -0.05) is 11.6 Å². The standard InChI is InChI=1S/C41H35ClF10N14O4S2/c1-71(67,68)64-9-5-22(6-10-64)58-37-54-16-25(39(44,45)46)35(60-37)29-19-63(21-57-29)32-14-24(13-27(43)34(32)42)66(23-7-11-65(12-8-23)72(2,69)70)38-55-17-26(40(47,48)49)36(61-38)30-18-62(20-56-30)31-3-4-33(41(50,51)52)59-28(31)15-53/h3-4,13-14,16-23H,5-12H2,1-2H3,(H,54,58,60). The maximum atomic E-state index is 16.2. The van der Waals surface area contributed by atoms with Crippen molar-refractivity contribution in [2.45, 2.75) is 56.3 Å². The summed E-state index contributed by atoms with van der Waals surface area (Å²) < 4.78 is 197. The summed E-state index contributed by atoms with van der Waals surface area (Å²) in [4.78, 5) is 28.9. The van der Waals surface area contributed by atoms with Crippen LogP contribution in [0.4, 0.5) is 61.5 Å². The molecule has 6 aromatic rings. The van der Waals surface area contributed by atoms with E-state index in [2.05, 4.69) is 40.2 Å². The average Bonchev–Trinajstić information content (AvgIpc) is 4.00. The third-order valence-corrected chi connectivity index (χ3v) is 14.6. The minimum atomic E-state index is -5.15. The number of sulfonamides is 2. The maximum Gasteiger partial charge on any atom is 0.433 e. The summed E-state index contributed by atoms with van der Waals surface area (Å²) in [5.74, 6) is -1.90. The average molecular weight is 1080 g/mol. The van der Waals surface area contributed by atoms with Gasteiger partial charge in [0.25, 0.3) is 0 Å². The van der Waals surface area contributed by atoms with Crippen molar-refractivity contribution in [3.8, 4) is 40.2 Å². The van der Waals surface area contributed by atoms with Crippen LogP contribution in [0.15, 0.2) is 61.7 Å². The van der Waals surface area contributed by atoms with Crippen molar-refractivity contribution in [1.29, 1.82) is 5.26 Å². The van der Waals surface area contributed by atoms with E-state index in [1.807, 2.05) is 0 Å². The Bertz CT molecular complexity index is 3310. The van der Waals surface area contributed by atoms with Gasteiger partial charge in [0.1, 0.15) is 69.2 Å². The van der Waals surface area contributed by atoms with Crippen molar-refractivity contribution >= 4 is 49.2 Å². The molecule has 8 rings (SSSR count). The van der Waals surface area contributed by atoms with E-state index in [-0.39, 0.29) is 74.9 Å². The lowest BCUT2D eigenvalue weighted by Gasteiger charge is -2.38. The number of imidazole rings is 2. The number of hydrogen-bond donors (Lipinski definition) is 1. The van der Waals surface area contributed by atoms with Crippen LogP contribution in [0.3, 0.4) is 0 Å². The largest absolute Gasteiger partial charge is 0.433 e. The second kappa shape index (κ2) is 19.1. The van der Waals surface area contributed by atoms with E-state index < -0.39 is 113 Å². The Morgan fingerprint density at radius 1 is 0.708 bits per heavy atom. The molecule has 0 spiro atoms. The number of aromatic nitrogens is 9. The predicted molar refractivity (Wildman–Crippen MR) is 236 cm³/mol. The second-order valence-corrected chi connectivity index (χ2v) is 20.8. The molecule has 5 aromatic heterocycles. The molecular weight excluding hydrogens is 1040 g/mol. The maximum absolute atomic E-state index is 16.2. The summed E-state index contributed by atoms with van der Waals surface area (Å²) in [6.45, 7) is 0.0328. The highest BCUT2D eigenvalue weighted by Crippen LogP contribution is 2.41. The number of pyridine rings is 1. The Morgan fingerprint density at radius 2 is 1.24 bits per heavy atom. The van der Waals surface area contributed by atoms with Gasteiger partial charge in [-0.15, -0.1) is 0 Å². The van der Waals surface area contributed by atoms with E-state index in [0.717, 1.165) is 63.1 Å². The van der Waals surface area contributed by atoms with E-state index in [4.69, 9.17) is 11.6 Å². The molecular formula is C41H35ClF10N14O4S2. The molecule has 0 radical (unpaired) electrons. The minimum absolute atomic E-state index is 0.0325. The summed E-state index contributed by atoms with van der Waals surface area (Å²) in [7, 11) is -7.21. The van der Waals surface area contributed by atoms with Crippen LogP contribution in [-0.2, 0) is 38.6 Å². The lowest BCUT2D eigenvalue weighted by atomic mass is 10.0. The van der Waals surface area contributed by atoms with E-state index in [9.17, 15) is 61.6 Å². The Morgan fingerprint density at radius 3 is 1.76 bits per heavy atom. The van der Waals surface area contributed by atoms with Crippen molar-refractivity contribution in [1.82, 2.24) is 52.6 Å². The van der Waals surface area contributed by atoms with E-state index in [1.165, 1.54) is 21.3 Å². The fourth-order valence-electron chi connectivity index (χ4n) is 8.12. The SMILES string of the molecule is CS(=O)(=O)N1CCC(Nc2ncc(C(F)(F)F)c(-c3cn(-c4cc(N(c5ncc(C(F)(F)F)c(-c6cn(-c7ccc(C(F)(F)F)nc7C#N)cn6)n5)C5CCN(S(C)(=O)=O)CC5)cc(F)c4Cl)cn3)n2)CC1. The third kappa shape index (κ3) is 10.9. The molecule has 0 aliphatic carbocycles. The number of nitrogens with one attached hydrogen (secondary N) is 1. The van der Waals surface area contributed by atoms with Crippen LogP contribution in [0.2, 0.25) is 5.02 Å². The molecule has 0 bridgehead atoms. The zero-order chi connectivity index (χ0) is 52.3. The molecule has 382 valence electrons. The minimum Gasteiger partial charge on any atom is -0.351 e. The van der Waals surface area contributed by atoms with Crippen molar-refractivity contribution in [2.75, 3.05) is 48.9 Å². The first-order valence-corrected chi connectivity index (χ1v) is 25.1. The third-order valence-electron chi connectivity index (χ3n) is 11.7. The van der Waals surface area contributed by atoms with Crippen LogP contribution in [0.5, 0.6) is 0 Å². The quantitative estimate of drug-likeness (QED) is 0.125. The molecule has 0 atom stereocenters. The predicted octanol–water partition coefficient (Wildman–Crippen LogP) is 7.49. The van der Waals surface area contributed by atoms with Crippen molar-refractivity contribution in [3.63, 3.8) is 0 Å². The monoisotopic (exact) mass is 1080 g/mol. The van der Waals surface area contributed by atoms with Crippen LogP contribution in [0.25, 0.3) is 34.2 Å². The molecule has 1 N–H and O–H groups in total. The Balaban J connectivity index is 1.20. The zero-order valence-electron chi connectivity index (χ0n) is 37.0. The number of anilines is 3. The summed E-state index contributed by atoms with van der Waals surface area (Å²) in [5, 5.41) is 12.0. The van der Waals surface area contributed by atoms with Crippen LogP contribution in [0.1, 0.15) is 48.2 Å². The number of alkyl halides is 9. The number of hydrogen-bond acceptors (Lipinski definition) is 14. The Kier molecular flexibility index (Phi) is 13.8. The first-order valence-electron chi connectivity index (χ1n) is 21.0. The molecule has 0 unspecified atom stereocenters. The molecule has 31 heteroatoms. The van der Waals surface area contributed by atoms with E-state index in [1.54, 1.807) is 0 Å². The van der Waals surface area contributed by atoms with Gasteiger partial charge in [0.15, 0.2) is 5.69 Å². The molecule has 7 heterocycles. The Hall–Kier alpha value is -6.55. The van der Waals surface area contributed by atoms with Crippen molar-refractivity contribution < 1.29 is 60.7 Å². The number of nitrogens with zero attached hydrogens (tertiary/aromatic N) is 13. The summed E-state index contributed by atoms with van der Waals surface area (Å²) >= 11 is 6.50. The first kappa shape index (κ1) is 51.8. The summed E-state index contributed by atoms with van der Waals surface area (Å²) in [6, 6.07) is 3.74. The van der Waals surface area contributed by atoms with Gasteiger partial charge in [-0.2, -0.15) is 44.8 Å². The zero-order valence-corrected chi connectivity index (χ0v) is 39.4. The highest BCUT2D eigenvalue weighted by molar-refractivity contribution is 7.88. The molecule has 0 amide bonds. The van der Waals surface area contributed by atoms with Crippen molar-refractivity contribution in [3.05, 3.63) is 95.1 Å². The van der Waals surface area contributed by atoms with Crippen LogP contribution < -0.4 is 10.2 Å². The molecule has 1 aromatic carbocycles. The summed E-state index contributed by atoms with van der Waals surface area (Å²) in [5.41, 5.74) is -8.12. The topological polar surface area (TPSA) is 214 Å². The fraction of sp³-hybridized carbons (Fsp3) is 0.366. The van der Waals surface area contributed by atoms with E-state index in [0.29, 0.717) is 18.5 Å². The molecule has 2 aliphatic heterocycles. The lowest BCUT2D eigenvalue weighted by molar-refractivity contribution is -0.141. The number of halogens is 11. The molecule has 2 saturated heterocycles. The molecule has 2 fully saturated rings. The van der Waals surface area contributed by atoms with Gasteiger partial charge in [-0.25, -0.2) is 64.7 Å². The van der Waals surface area contributed by atoms with Crippen LogP contribution in [0, 0.1) is 17.1 Å². The first-order chi connectivity index (χ1) is 33.6. The van der Waals surface area contributed by atoms with Gasteiger partial charge < -0.3 is 19.4 Å². The number of benzene rings is 1. The normalized spacial score (nSPS) is 16.2. The van der Waals surface area contributed by atoms with Gasteiger partial charge in [0.2, 0.25) is 31.9 Å². The number of piperidine rings is 2. The molecule has 18 nitrogen and oxygen atoms in total. The van der Waals surface area contributed by atoms with Crippen molar-refractivity contribution in [2.24, 2.45) is 0 Å². The van der Waals surface area contributed by atoms with Gasteiger partial charge in [0, 0.05) is 68.7 Å². The summed E-state index contributed by atoms with van der Waals surface area (Å²) in [6.07, 6.45) is -7.71. The van der Waals surface area contributed by atoms with Crippen LogP contribution >= 0.6 is 11.6 Å². The van der Waals surface area contributed by atoms with Gasteiger partial charge >= 0.3 is 18.5 Å². The molecule has 0 saturated carbocycles. The number of rotatable bonds is 11. The number of nitriles is 1. The molecule has 72 heavy (non-hydrogen) atoms. The van der Waals surface area contributed by atoms with Gasteiger partial charge in [-0.3, -0.25) is 0 Å². The highest BCUT2D eigenvalue weighted by atomic mass is 35.5. The molecule has 2 aliphatic rings. The highest BCUT2D eigenvalue weighted by Gasteiger charge is 2.40. The van der Waals surface area contributed by atoms with E-state index >= 15 is 4.39 Å².